The molecule has 0 amide bonds. The van der Waals surface area contributed by atoms with Crippen molar-refractivity contribution in [2.45, 2.75) is 0 Å². The molecular formula is C20H30I2N2O2. The van der Waals surface area contributed by atoms with Crippen molar-refractivity contribution in [2.24, 2.45) is 0 Å². The molecule has 0 radical (unpaired) electrons. The molecule has 146 valence electrons. The van der Waals surface area contributed by atoms with Gasteiger partial charge in [-0.2, -0.15) is 0 Å². The van der Waals surface area contributed by atoms with Gasteiger partial charge in [0.2, 0.25) is 0 Å². The molecule has 0 aromatic heterocycles. The first-order chi connectivity index (χ1) is 11.2. The van der Waals surface area contributed by atoms with E-state index in [-0.39, 0.29) is 48.0 Å². The maximum Gasteiger partial charge on any atom is 0.149 e. The van der Waals surface area contributed by atoms with Crippen molar-refractivity contribution >= 4 is 0 Å². The number of ether oxygens (including phenoxy) is 2. The van der Waals surface area contributed by atoms with Crippen LogP contribution < -0.4 is 57.4 Å². The van der Waals surface area contributed by atoms with Crippen LogP contribution in [0, 0.1) is 23.7 Å². The summed E-state index contributed by atoms with van der Waals surface area (Å²) < 4.78 is 12.8. The monoisotopic (exact) mass is 584 g/mol. The molecule has 1 rings (SSSR count). The zero-order valence-corrected chi connectivity index (χ0v) is 20.9. The molecule has 0 fully saturated rings. The Kier molecular flexibility index (Phi) is 14.3. The van der Waals surface area contributed by atoms with Gasteiger partial charge in [-0.3, -0.25) is 0 Å². The van der Waals surface area contributed by atoms with Crippen LogP contribution in [0.25, 0.3) is 0 Å². The fourth-order valence-electron chi connectivity index (χ4n) is 1.56. The maximum absolute atomic E-state index is 5.59. The lowest BCUT2D eigenvalue weighted by Crippen LogP contribution is -3.00. The summed E-state index contributed by atoms with van der Waals surface area (Å²) in [5.41, 5.74) is 0. The largest absolute Gasteiger partial charge is 1.00 e. The van der Waals surface area contributed by atoms with Crippen molar-refractivity contribution in [3.63, 3.8) is 0 Å². The molecule has 26 heavy (non-hydrogen) atoms. The molecule has 0 unspecified atom stereocenters. The molecule has 0 saturated carbocycles. The van der Waals surface area contributed by atoms with Gasteiger partial charge in [-0.25, -0.2) is 0 Å². The average molecular weight is 584 g/mol. The average Bonchev–Trinajstić information content (AvgIpc) is 2.45. The van der Waals surface area contributed by atoms with Gasteiger partial charge in [0.25, 0.3) is 0 Å². The summed E-state index contributed by atoms with van der Waals surface area (Å²) in [6.45, 7) is 2.42. The third kappa shape index (κ3) is 15.6. The van der Waals surface area contributed by atoms with E-state index < -0.39 is 0 Å². The first-order valence-corrected chi connectivity index (χ1v) is 8.04. The van der Waals surface area contributed by atoms with Crippen LogP contribution in [-0.4, -0.2) is 77.6 Å². The van der Waals surface area contributed by atoms with Crippen LogP contribution in [0.15, 0.2) is 24.3 Å². The second kappa shape index (κ2) is 13.5. The number of rotatable bonds is 6. The minimum atomic E-state index is 0. The van der Waals surface area contributed by atoms with Gasteiger partial charge in [0.15, 0.2) is 0 Å². The fraction of sp³-hybridized carbons (Fsp3) is 0.500. The molecule has 0 N–H and O–H groups in total. The van der Waals surface area contributed by atoms with Gasteiger partial charge < -0.3 is 66.4 Å². The fourth-order valence-corrected chi connectivity index (χ4v) is 1.56. The Morgan fingerprint density at radius 1 is 0.615 bits per heavy atom. The van der Waals surface area contributed by atoms with Crippen molar-refractivity contribution in [3.05, 3.63) is 24.3 Å². The molecule has 1 aromatic rings. The van der Waals surface area contributed by atoms with Gasteiger partial charge in [-0.15, -0.1) is 0 Å². The highest BCUT2D eigenvalue weighted by molar-refractivity contribution is 5.31. The van der Waals surface area contributed by atoms with Crippen molar-refractivity contribution in [2.75, 3.05) is 68.6 Å². The number of quaternary nitrogens is 2. The molecular weight excluding hydrogens is 554 g/mol. The van der Waals surface area contributed by atoms with Crippen LogP contribution in [0.4, 0.5) is 0 Å². The molecule has 0 heterocycles. The second-order valence-electron chi connectivity index (χ2n) is 7.65. The molecule has 6 heteroatoms. The van der Waals surface area contributed by atoms with Gasteiger partial charge in [-0.05, 0) is 36.1 Å². The SMILES string of the molecule is C[N+](C)(C)CC#CCOc1ccc(OCC#CC[N+](C)(C)C)cc1.[I-].[I-]. The summed E-state index contributed by atoms with van der Waals surface area (Å²) >= 11 is 0. The van der Waals surface area contributed by atoms with E-state index in [4.69, 9.17) is 9.47 Å². The standard InChI is InChI=1S/C20H30N2O2.2HI/c1-21(2,3)15-7-9-17-23-19-11-13-20(14-12-19)24-18-10-8-16-22(4,5)6;;/h11-14H,15-18H2,1-6H3;2*1H/q+2;;/p-2. The zero-order chi connectivity index (χ0) is 18.1. The summed E-state index contributed by atoms with van der Waals surface area (Å²) in [6, 6.07) is 7.54. The number of nitrogens with zero attached hydrogens (tertiary/aromatic N) is 2. The third-order valence-corrected chi connectivity index (χ3v) is 2.80. The Balaban J connectivity index is 0. The molecule has 0 atom stereocenters. The van der Waals surface area contributed by atoms with Crippen molar-refractivity contribution < 1.29 is 66.4 Å². The molecule has 0 aliphatic heterocycles. The normalized spacial score (nSPS) is 10.1. The van der Waals surface area contributed by atoms with Crippen LogP contribution in [0.3, 0.4) is 0 Å². The van der Waals surface area contributed by atoms with E-state index >= 15 is 0 Å². The Morgan fingerprint density at radius 2 is 0.923 bits per heavy atom. The summed E-state index contributed by atoms with van der Waals surface area (Å²) in [5.74, 6) is 13.9. The number of hydrogen-bond acceptors (Lipinski definition) is 2. The van der Waals surface area contributed by atoms with Gasteiger partial charge in [0, 0.05) is 0 Å². The number of benzene rings is 1. The quantitative estimate of drug-likeness (QED) is 0.193. The summed E-state index contributed by atoms with van der Waals surface area (Å²) in [6.07, 6.45) is 0. The molecule has 0 bridgehead atoms. The molecule has 0 spiro atoms. The first kappa shape index (κ1) is 27.5. The minimum absolute atomic E-state index is 0. The van der Waals surface area contributed by atoms with E-state index in [1.54, 1.807) is 0 Å². The smallest absolute Gasteiger partial charge is 0.149 e. The summed E-state index contributed by atoms with van der Waals surface area (Å²) in [5, 5.41) is 0. The van der Waals surface area contributed by atoms with Crippen LogP contribution in [0.1, 0.15) is 0 Å². The number of halogens is 2. The van der Waals surface area contributed by atoms with E-state index in [1.165, 1.54) is 0 Å². The van der Waals surface area contributed by atoms with E-state index in [0.717, 1.165) is 33.6 Å². The number of hydrogen-bond donors (Lipinski definition) is 0. The van der Waals surface area contributed by atoms with Crippen LogP contribution in [0.2, 0.25) is 0 Å². The molecule has 0 saturated heterocycles. The molecule has 1 aromatic carbocycles. The molecule has 0 aliphatic rings. The van der Waals surface area contributed by atoms with Crippen molar-refractivity contribution in [3.8, 4) is 35.2 Å². The lowest BCUT2D eigenvalue weighted by molar-refractivity contribution is -0.862. The highest BCUT2D eigenvalue weighted by Gasteiger charge is 2.02. The topological polar surface area (TPSA) is 18.5 Å². The lowest BCUT2D eigenvalue weighted by atomic mass is 10.3. The molecule has 4 nitrogen and oxygen atoms in total. The van der Waals surface area contributed by atoms with Crippen LogP contribution in [0.5, 0.6) is 11.5 Å². The first-order valence-electron chi connectivity index (χ1n) is 8.04. The van der Waals surface area contributed by atoms with Crippen molar-refractivity contribution in [1.82, 2.24) is 0 Å². The van der Waals surface area contributed by atoms with E-state index in [9.17, 15) is 0 Å². The van der Waals surface area contributed by atoms with Crippen molar-refractivity contribution in [1.29, 1.82) is 0 Å². The zero-order valence-electron chi connectivity index (χ0n) is 16.6. The van der Waals surface area contributed by atoms with Gasteiger partial charge in [0.1, 0.15) is 37.8 Å². The van der Waals surface area contributed by atoms with E-state index in [0.29, 0.717) is 13.2 Å². The van der Waals surface area contributed by atoms with E-state index in [2.05, 4.69) is 66.0 Å². The predicted molar refractivity (Wildman–Crippen MR) is 98.8 cm³/mol. The summed E-state index contributed by atoms with van der Waals surface area (Å²) in [7, 11) is 12.7. The third-order valence-electron chi connectivity index (χ3n) is 2.80. The Morgan fingerprint density at radius 3 is 1.19 bits per heavy atom. The lowest BCUT2D eigenvalue weighted by Gasteiger charge is -2.20. The Bertz CT molecular complexity index is 568. The highest BCUT2D eigenvalue weighted by Crippen LogP contribution is 2.17. The van der Waals surface area contributed by atoms with Gasteiger partial charge in [-0.1, -0.05) is 11.8 Å². The summed E-state index contributed by atoms with van der Waals surface area (Å²) in [4.78, 5) is 0. The van der Waals surface area contributed by atoms with Crippen LogP contribution in [-0.2, 0) is 0 Å². The maximum atomic E-state index is 5.59. The van der Waals surface area contributed by atoms with Gasteiger partial charge >= 0.3 is 0 Å². The Hall–Kier alpha value is -0.680. The Labute approximate surface area is 193 Å². The predicted octanol–water partition coefficient (Wildman–Crippen LogP) is -4.13. The highest BCUT2D eigenvalue weighted by atomic mass is 127. The van der Waals surface area contributed by atoms with Crippen LogP contribution >= 0.6 is 0 Å². The second-order valence-corrected chi connectivity index (χ2v) is 7.65. The van der Waals surface area contributed by atoms with E-state index in [1.807, 2.05) is 24.3 Å². The van der Waals surface area contributed by atoms with Gasteiger partial charge in [0.05, 0.1) is 42.3 Å². The molecule has 0 aliphatic carbocycles. The minimum Gasteiger partial charge on any atom is -1.00 e.